The number of nitrogens with zero attached hydrogens (tertiary/aromatic N) is 1. The second-order valence-corrected chi connectivity index (χ2v) is 4.92. The number of carbonyl (C=O) groups excluding carboxylic acids is 2. The largest absolute Gasteiger partial charge is 0.508 e. The Kier molecular flexibility index (Phi) is 4.80. The molecule has 0 fully saturated rings. The molecule has 0 saturated carbocycles. The van der Waals surface area contributed by atoms with Crippen molar-refractivity contribution in [2.45, 2.75) is 13.0 Å². The number of amides is 2. The summed E-state index contributed by atoms with van der Waals surface area (Å²) in [5.74, 6) is -0.415. The van der Waals surface area contributed by atoms with Gasteiger partial charge in [-0.3, -0.25) is 14.6 Å². The Bertz CT molecular complexity index is 729. The highest BCUT2D eigenvalue weighted by molar-refractivity contribution is 5.96. The Labute approximate surface area is 133 Å². The van der Waals surface area contributed by atoms with Gasteiger partial charge in [-0.2, -0.15) is 0 Å². The zero-order chi connectivity index (χ0) is 17.0. The summed E-state index contributed by atoms with van der Waals surface area (Å²) in [7, 11) is 1.52. The summed E-state index contributed by atoms with van der Waals surface area (Å²) >= 11 is 0. The molecule has 1 unspecified atom stereocenters. The summed E-state index contributed by atoms with van der Waals surface area (Å²) in [6, 6.07) is 7.16. The van der Waals surface area contributed by atoms with Gasteiger partial charge in [-0.1, -0.05) is 0 Å². The Hall–Kier alpha value is -3.09. The lowest BCUT2D eigenvalue weighted by atomic mass is 10.1. The van der Waals surface area contributed by atoms with Crippen LogP contribution in [0.25, 0.3) is 0 Å². The number of rotatable bonds is 5. The molecular weight excluding hydrogens is 298 g/mol. The highest BCUT2D eigenvalue weighted by Crippen LogP contribution is 2.28. The van der Waals surface area contributed by atoms with E-state index in [1.165, 1.54) is 31.5 Å². The first-order chi connectivity index (χ1) is 10.9. The fraction of sp³-hybridized carbons (Fsp3) is 0.188. The second-order valence-electron chi connectivity index (χ2n) is 4.92. The first-order valence-corrected chi connectivity index (χ1v) is 6.86. The number of nitrogens with one attached hydrogen (secondary N) is 1. The van der Waals surface area contributed by atoms with Crippen molar-refractivity contribution in [3.8, 4) is 11.5 Å². The van der Waals surface area contributed by atoms with Crippen LogP contribution in [-0.4, -0.2) is 29.0 Å². The number of hydrogen-bond acceptors (Lipinski definition) is 5. The molecule has 23 heavy (non-hydrogen) atoms. The Morgan fingerprint density at radius 1 is 1.30 bits per heavy atom. The average molecular weight is 315 g/mol. The zero-order valence-corrected chi connectivity index (χ0v) is 12.7. The standard InChI is InChI=1S/C16H17N3O4/c1-9(12-7-11(23-2)4-6-14(12)20)19-16(22)10-3-5-13(15(17)21)18-8-10/h3-9,20H,1-2H3,(H2,17,21)(H,19,22). The Morgan fingerprint density at radius 2 is 2.04 bits per heavy atom. The van der Waals surface area contributed by atoms with E-state index in [1.54, 1.807) is 19.1 Å². The van der Waals surface area contributed by atoms with Crippen LogP contribution in [0.3, 0.4) is 0 Å². The Balaban J connectivity index is 2.14. The molecule has 2 aromatic rings. The van der Waals surface area contributed by atoms with Gasteiger partial charge in [0, 0.05) is 11.8 Å². The third-order valence-electron chi connectivity index (χ3n) is 3.33. The van der Waals surface area contributed by atoms with Gasteiger partial charge in [0.05, 0.1) is 18.7 Å². The minimum atomic E-state index is -0.661. The molecule has 7 heteroatoms. The topological polar surface area (TPSA) is 115 Å². The van der Waals surface area contributed by atoms with E-state index in [1.807, 2.05) is 0 Å². The summed E-state index contributed by atoms with van der Waals surface area (Å²) in [4.78, 5) is 27.0. The molecule has 1 atom stereocenters. The number of nitrogens with two attached hydrogens (primary N) is 1. The maximum atomic E-state index is 12.2. The molecule has 4 N–H and O–H groups in total. The lowest BCUT2D eigenvalue weighted by molar-refractivity contribution is 0.0936. The first kappa shape index (κ1) is 16.3. The van der Waals surface area contributed by atoms with Gasteiger partial charge in [0.1, 0.15) is 17.2 Å². The highest BCUT2D eigenvalue weighted by Gasteiger charge is 2.16. The number of phenolic OH excluding ortho intramolecular Hbond substituents is 1. The number of hydrogen-bond donors (Lipinski definition) is 3. The number of primary amides is 1. The maximum Gasteiger partial charge on any atom is 0.267 e. The van der Waals surface area contributed by atoms with Gasteiger partial charge in [-0.05, 0) is 37.3 Å². The molecular formula is C16H17N3O4. The fourth-order valence-corrected chi connectivity index (χ4v) is 2.04. The van der Waals surface area contributed by atoms with Crippen LogP contribution in [0.2, 0.25) is 0 Å². The van der Waals surface area contributed by atoms with Gasteiger partial charge in [0.25, 0.3) is 11.8 Å². The van der Waals surface area contributed by atoms with E-state index >= 15 is 0 Å². The summed E-state index contributed by atoms with van der Waals surface area (Å²) in [6.07, 6.45) is 1.27. The molecule has 1 aromatic carbocycles. The van der Waals surface area contributed by atoms with Gasteiger partial charge in [-0.15, -0.1) is 0 Å². The molecule has 0 saturated heterocycles. The number of aromatic hydroxyl groups is 1. The van der Waals surface area contributed by atoms with Crippen LogP contribution in [0.15, 0.2) is 36.5 Å². The third kappa shape index (κ3) is 3.76. The number of benzene rings is 1. The van der Waals surface area contributed by atoms with Crippen molar-refractivity contribution in [2.24, 2.45) is 5.73 Å². The van der Waals surface area contributed by atoms with E-state index in [2.05, 4.69) is 10.3 Å². The summed E-state index contributed by atoms with van der Waals surface area (Å²) < 4.78 is 5.11. The SMILES string of the molecule is COc1ccc(O)c(C(C)NC(=O)c2ccc(C(N)=O)nc2)c1. The molecule has 0 aliphatic carbocycles. The average Bonchev–Trinajstić information content (AvgIpc) is 2.55. The van der Waals surface area contributed by atoms with Crippen LogP contribution in [0, 0.1) is 0 Å². The molecule has 0 spiro atoms. The van der Waals surface area contributed by atoms with E-state index < -0.39 is 11.9 Å². The second kappa shape index (κ2) is 6.78. The molecule has 1 heterocycles. The van der Waals surface area contributed by atoms with Crippen LogP contribution in [0.1, 0.15) is 39.4 Å². The summed E-state index contributed by atoms with van der Waals surface area (Å²) in [5, 5.41) is 12.7. The van der Waals surface area contributed by atoms with Crippen LogP contribution in [-0.2, 0) is 0 Å². The van der Waals surface area contributed by atoms with E-state index in [9.17, 15) is 14.7 Å². The smallest absolute Gasteiger partial charge is 0.267 e. The van der Waals surface area contributed by atoms with Gasteiger partial charge in [0.2, 0.25) is 0 Å². The van der Waals surface area contributed by atoms with E-state index in [0.29, 0.717) is 11.3 Å². The van der Waals surface area contributed by atoms with Crippen molar-refractivity contribution in [1.29, 1.82) is 0 Å². The zero-order valence-electron chi connectivity index (χ0n) is 12.7. The summed E-state index contributed by atoms with van der Waals surface area (Å²) in [6.45, 7) is 1.73. The molecule has 2 amide bonds. The maximum absolute atomic E-state index is 12.2. The van der Waals surface area contributed by atoms with Gasteiger partial charge < -0.3 is 20.9 Å². The fourth-order valence-electron chi connectivity index (χ4n) is 2.04. The molecule has 120 valence electrons. The van der Waals surface area contributed by atoms with Crippen molar-refractivity contribution >= 4 is 11.8 Å². The monoisotopic (exact) mass is 315 g/mol. The number of phenols is 1. The van der Waals surface area contributed by atoms with E-state index in [0.717, 1.165) is 0 Å². The van der Waals surface area contributed by atoms with Crippen molar-refractivity contribution in [3.63, 3.8) is 0 Å². The minimum Gasteiger partial charge on any atom is -0.508 e. The molecule has 0 aliphatic rings. The lowest BCUT2D eigenvalue weighted by Crippen LogP contribution is -2.27. The normalized spacial score (nSPS) is 11.6. The number of aromatic nitrogens is 1. The van der Waals surface area contributed by atoms with Crippen LogP contribution >= 0.6 is 0 Å². The first-order valence-electron chi connectivity index (χ1n) is 6.86. The van der Waals surface area contributed by atoms with Gasteiger partial charge in [0.15, 0.2) is 0 Å². The Morgan fingerprint density at radius 3 is 2.61 bits per heavy atom. The van der Waals surface area contributed by atoms with Crippen molar-refractivity contribution in [1.82, 2.24) is 10.3 Å². The molecule has 0 radical (unpaired) electrons. The number of carbonyl (C=O) groups is 2. The third-order valence-corrected chi connectivity index (χ3v) is 3.33. The van der Waals surface area contributed by atoms with Crippen molar-refractivity contribution in [2.75, 3.05) is 7.11 Å². The molecule has 0 aliphatic heterocycles. The van der Waals surface area contributed by atoms with Crippen molar-refractivity contribution in [3.05, 3.63) is 53.3 Å². The number of methoxy groups -OCH3 is 1. The van der Waals surface area contributed by atoms with Crippen LogP contribution in [0.4, 0.5) is 0 Å². The highest BCUT2D eigenvalue weighted by atomic mass is 16.5. The van der Waals surface area contributed by atoms with Gasteiger partial charge in [-0.25, -0.2) is 0 Å². The predicted molar refractivity (Wildman–Crippen MR) is 83.3 cm³/mol. The lowest BCUT2D eigenvalue weighted by Gasteiger charge is -2.16. The van der Waals surface area contributed by atoms with Crippen LogP contribution in [0.5, 0.6) is 11.5 Å². The molecule has 2 rings (SSSR count). The number of pyridine rings is 1. The minimum absolute atomic E-state index is 0.0563. The van der Waals surface area contributed by atoms with Crippen LogP contribution < -0.4 is 15.8 Å². The molecule has 1 aromatic heterocycles. The quantitative estimate of drug-likeness (QED) is 0.771. The predicted octanol–water partition coefficient (Wildman–Crippen LogP) is 1.39. The van der Waals surface area contributed by atoms with E-state index in [-0.39, 0.29) is 22.9 Å². The summed E-state index contributed by atoms with van der Waals surface area (Å²) in [5.41, 5.74) is 5.99. The number of ether oxygens (including phenoxy) is 1. The van der Waals surface area contributed by atoms with E-state index in [4.69, 9.17) is 10.5 Å². The molecule has 0 bridgehead atoms. The molecule has 7 nitrogen and oxygen atoms in total. The van der Waals surface area contributed by atoms with Gasteiger partial charge >= 0.3 is 0 Å². The van der Waals surface area contributed by atoms with Crippen molar-refractivity contribution < 1.29 is 19.4 Å².